The Bertz CT molecular complexity index is 2100. The van der Waals surface area contributed by atoms with Crippen LogP contribution in [-0.2, 0) is 74.2 Å². The fourth-order valence-electron chi connectivity index (χ4n) is 8.41. The standard InChI is InChI=1S/2C13H10.2C9H11.2C9H13.2ClH.2Zr/c2*1-3-7-12(8-4-1)11-13-9-5-2-6-10-13;2*1-2-5-9-7-3-6-8(9)4-1;2*1-3-8-6-5-7-9(8)4-2;;;;/h2*1-10H;2*3,6-7H,1-2,4-5H2;2*6H,3-4,7H2,1-2H3;2*1H;;/q;;4*-1;;;2*+2/p-2. The maximum Gasteiger partial charge on any atom is -0.0512 e. The average Bonchev–Trinajstić information content (AvgIpc) is 4.23. The van der Waals surface area contributed by atoms with Crippen LogP contribution in [0.25, 0.3) is 0 Å². The first kappa shape index (κ1) is 56.9. The zero-order valence-electron chi connectivity index (χ0n) is 39.8. The fraction of sp³-hybridized carbons (Fsp3) is 0.290. The molecule has 0 fully saturated rings. The fourth-order valence-corrected chi connectivity index (χ4v) is 10.1. The maximum atomic E-state index is 3.23. The number of fused-ring (bicyclic) bond motifs is 2. The molecule has 0 atom stereocenters. The van der Waals surface area contributed by atoms with E-state index in [1.807, 2.05) is 0 Å². The zero-order valence-corrected chi connectivity index (χ0v) is 46.2. The van der Waals surface area contributed by atoms with Gasteiger partial charge in [-0.25, -0.2) is 24.3 Å². The van der Waals surface area contributed by atoms with Gasteiger partial charge in [-0.05, 0) is 0 Å². The third-order valence-electron chi connectivity index (χ3n) is 12.3. The predicted molar refractivity (Wildman–Crippen MR) is 270 cm³/mol. The van der Waals surface area contributed by atoms with Crippen LogP contribution < -0.4 is 24.8 Å². The minimum atomic E-state index is 0. The molecule has 6 aromatic carbocycles. The Labute approximate surface area is 442 Å². The molecule has 0 aromatic heterocycles. The van der Waals surface area contributed by atoms with E-state index in [-0.39, 0.29) is 24.8 Å². The molecular formula is C62H68Cl2Zr2-2. The van der Waals surface area contributed by atoms with Gasteiger partial charge in [0, 0.05) is 0 Å². The molecule has 4 aliphatic rings. The Hall–Kier alpha value is -3.37. The zero-order chi connectivity index (χ0) is 45.2. The van der Waals surface area contributed by atoms with E-state index < -0.39 is 0 Å². The van der Waals surface area contributed by atoms with E-state index in [0.29, 0.717) is 0 Å². The van der Waals surface area contributed by atoms with E-state index in [1.165, 1.54) is 165 Å². The van der Waals surface area contributed by atoms with Crippen molar-refractivity contribution in [3.05, 3.63) is 249 Å². The van der Waals surface area contributed by atoms with Gasteiger partial charge < -0.3 is 24.8 Å². The van der Waals surface area contributed by atoms with Crippen molar-refractivity contribution in [2.45, 2.75) is 118 Å². The molecular weight excluding hydrogens is 998 g/mol. The van der Waals surface area contributed by atoms with Gasteiger partial charge in [0.25, 0.3) is 0 Å². The molecule has 0 saturated heterocycles. The number of hydrogen-bond acceptors (Lipinski definition) is 0. The third-order valence-corrected chi connectivity index (χ3v) is 15.1. The molecule has 0 heterocycles. The monoisotopic (exact) mass is 1060 g/mol. The Morgan fingerprint density at radius 2 is 0.727 bits per heavy atom. The summed E-state index contributed by atoms with van der Waals surface area (Å²) in [6.07, 6.45) is 28.5. The normalized spacial score (nSPS) is 13.7. The number of halogens is 2. The van der Waals surface area contributed by atoms with Crippen LogP contribution in [-0.4, -0.2) is 6.41 Å². The summed E-state index contributed by atoms with van der Waals surface area (Å²) in [5.74, 6) is 0. The van der Waals surface area contributed by atoms with E-state index in [9.17, 15) is 0 Å². The summed E-state index contributed by atoms with van der Waals surface area (Å²) in [4.78, 5) is 0. The average molecular weight is 1070 g/mol. The Morgan fingerprint density at radius 1 is 0.424 bits per heavy atom. The molecule has 0 radical (unpaired) electrons. The Morgan fingerprint density at radius 3 is 0.985 bits per heavy atom. The van der Waals surface area contributed by atoms with Gasteiger partial charge in [-0.1, -0.05) is 105 Å². The van der Waals surface area contributed by atoms with Crippen molar-refractivity contribution in [1.82, 2.24) is 0 Å². The Kier molecular flexibility index (Phi) is 28.6. The molecule has 0 N–H and O–H groups in total. The second-order valence-electron chi connectivity index (χ2n) is 16.5. The Balaban J connectivity index is 0.000000211. The van der Waals surface area contributed by atoms with Gasteiger partial charge in [-0.2, -0.15) is 68.8 Å². The van der Waals surface area contributed by atoms with Gasteiger partial charge in [0.2, 0.25) is 0 Å². The van der Waals surface area contributed by atoms with E-state index in [4.69, 9.17) is 0 Å². The minimum Gasteiger partial charge on any atom is -0.210 e. The number of rotatable bonds is 8. The van der Waals surface area contributed by atoms with Crippen LogP contribution in [0.1, 0.15) is 136 Å². The first-order valence-corrected chi connectivity index (χ1v) is 26.3. The summed E-state index contributed by atoms with van der Waals surface area (Å²) < 4.78 is 2.83. The molecule has 66 heavy (non-hydrogen) atoms. The van der Waals surface area contributed by atoms with Crippen LogP contribution in [0.4, 0.5) is 0 Å². The van der Waals surface area contributed by atoms with E-state index >= 15 is 0 Å². The SMILES string of the molecule is CCC1=C(CC)C[C-]=C1.CCC1=C(CC)C[C-]=C1.[Cl-].[Cl-].[Zr+2]=[C](c1ccccc1)c1ccccc1.[Zr+2]=[C](c1ccccc1)c1ccccc1.c1cc2c([cH-]1)CCCC2.c1cc2c([cH-]1)CCCC2. The molecule has 10 rings (SSSR count). The smallest absolute Gasteiger partial charge is 0.0512 e. The molecule has 0 spiro atoms. The largest absolute Gasteiger partial charge is 0.210 e. The predicted octanol–water partition coefficient (Wildman–Crippen LogP) is 9.91. The topological polar surface area (TPSA) is 0 Å². The van der Waals surface area contributed by atoms with Gasteiger partial charge in [0.1, 0.15) is 0 Å². The molecule has 4 heteroatoms. The summed E-state index contributed by atoms with van der Waals surface area (Å²) >= 11 is 2.92. The van der Waals surface area contributed by atoms with Gasteiger partial charge in [-0.15, -0.1) is 12.8 Å². The van der Waals surface area contributed by atoms with Crippen molar-refractivity contribution in [2.75, 3.05) is 0 Å². The van der Waals surface area contributed by atoms with Crippen molar-refractivity contribution in [3.8, 4) is 0 Å². The van der Waals surface area contributed by atoms with E-state index in [0.717, 1.165) is 12.8 Å². The molecule has 0 amide bonds. The molecule has 4 aliphatic carbocycles. The molecule has 340 valence electrons. The van der Waals surface area contributed by atoms with Crippen LogP contribution in [0.3, 0.4) is 0 Å². The van der Waals surface area contributed by atoms with E-state index in [1.54, 1.807) is 33.4 Å². The van der Waals surface area contributed by atoms with Crippen molar-refractivity contribution in [1.29, 1.82) is 0 Å². The summed E-state index contributed by atoms with van der Waals surface area (Å²) in [6, 6.07) is 55.6. The van der Waals surface area contributed by atoms with Gasteiger partial charge in [0.05, 0.1) is 0 Å². The molecule has 6 aromatic rings. The van der Waals surface area contributed by atoms with E-state index in [2.05, 4.69) is 210 Å². The number of aryl methyl sites for hydroxylation is 4. The molecule has 0 aliphatic heterocycles. The van der Waals surface area contributed by atoms with Crippen molar-refractivity contribution in [3.63, 3.8) is 0 Å². The second kappa shape index (κ2) is 33.2. The molecule has 0 unspecified atom stereocenters. The maximum absolute atomic E-state index is 3.23. The first-order valence-electron chi connectivity index (χ1n) is 23.9. The van der Waals surface area contributed by atoms with Crippen molar-refractivity contribution in [2.24, 2.45) is 0 Å². The summed E-state index contributed by atoms with van der Waals surface area (Å²) in [5, 5.41) is 0. The minimum absolute atomic E-state index is 0. The van der Waals surface area contributed by atoms with Crippen molar-refractivity contribution < 1.29 is 73.3 Å². The van der Waals surface area contributed by atoms with Crippen LogP contribution in [0, 0.1) is 12.2 Å². The quantitative estimate of drug-likeness (QED) is 0.133. The molecule has 0 nitrogen and oxygen atoms in total. The third kappa shape index (κ3) is 19.0. The summed E-state index contributed by atoms with van der Waals surface area (Å²) in [5.41, 5.74) is 17.9. The first-order chi connectivity index (χ1) is 31.4. The van der Waals surface area contributed by atoms with Crippen LogP contribution >= 0.6 is 0 Å². The molecule has 0 saturated carbocycles. The summed E-state index contributed by atoms with van der Waals surface area (Å²) in [7, 11) is 0. The summed E-state index contributed by atoms with van der Waals surface area (Å²) in [6.45, 7) is 8.83. The van der Waals surface area contributed by atoms with Crippen LogP contribution in [0.5, 0.6) is 0 Å². The number of allylic oxidation sites excluding steroid dienone is 8. The van der Waals surface area contributed by atoms with Gasteiger partial charge >= 0.3 is 198 Å². The van der Waals surface area contributed by atoms with Crippen molar-refractivity contribution >= 4 is 6.41 Å². The van der Waals surface area contributed by atoms with Crippen LogP contribution in [0.2, 0.25) is 0 Å². The van der Waals surface area contributed by atoms with Gasteiger partial charge in [0.15, 0.2) is 0 Å². The number of benzene rings is 4. The molecule has 0 bridgehead atoms. The van der Waals surface area contributed by atoms with Gasteiger partial charge in [-0.3, -0.25) is 12.2 Å². The second-order valence-corrected chi connectivity index (χ2v) is 19.0. The number of hydrogen-bond donors (Lipinski definition) is 0. The van der Waals surface area contributed by atoms with Crippen LogP contribution in [0.15, 0.2) is 192 Å².